The molecule has 53 heavy (non-hydrogen) atoms. The van der Waals surface area contributed by atoms with Crippen LogP contribution in [0, 0.1) is 0 Å². The standard InChI is InChI=1S/C14H15ClO4.C13H6Cl3N3O2S.C4H3Cl2N3OS.CH4/c1-3-18-13(16)12(14(17)19-4-2)9-10-5-7-11(15)8-6-10;14-7-3-1-6(2-4-7)8-5-9(20)19(17-8)13(21)11-10(15)12(16)18-22-11;5-1-2(4(10)8-7)11-9-3(1)6;/h5-9H,3-4H2,1-2H3;1-5,17H;7H2,(H,8,10);1H4. The second-order valence-corrected chi connectivity index (χ2v) is 13.3. The van der Waals surface area contributed by atoms with Crippen molar-refractivity contribution in [3.63, 3.8) is 0 Å². The van der Waals surface area contributed by atoms with E-state index in [1.165, 1.54) is 12.1 Å². The summed E-state index contributed by atoms with van der Waals surface area (Å²) < 4.78 is 17.9. The van der Waals surface area contributed by atoms with E-state index >= 15 is 0 Å². The third-order valence-corrected chi connectivity index (χ3v) is 10.1. The summed E-state index contributed by atoms with van der Waals surface area (Å²) in [6.45, 7) is 3.72. The van der Waals surface area contributed by atoms with E-state index in [2.05, 4.69) is 13.8 Å². The van der Waals surface area contributed by atoms with Gasteiger partial charge in [0.25, 0.3) is 17.4 Å². The maximum atomic E-state index is 12.3. The molecule has 1 amide bonds. The Morgan fingerprint density at radius 1 is 0.811 bits per heavy atom. The molecule has 0 aliphatic heterocycles. The van der Waals surface area contributed by atoms with Crippen LogP contribution in [0.3, 0.4) is 0 Å². The van der Waals surface area contributed by atoms with Crippen LogP contribution in [0.2, 0.25) is 30.4 Å². The van der Waals surface area contributed by atoms with E-state index in [4.69, 9.17) is 84.9 Å². The van der Waals surface area contributed by atoms with Gasteiger partial charge in [-0.15, -0.1) is 0 Å². The number of hydrogen-bond donors (Lipinski definition) is 3. The monoisotopic (exact) mass is 882 g/mol. The van der Waals surface area contributed by atoms with Gasteiger partial charge in [0.2, 0.25) is 0 Å². The van der Waals surface area contributed by atoms with Crippen molar-refractivity contribution in [1.82, 2.24) is 24.0 Å². The van der Waals surface area contributed by atoms with Crippen molar-refractivity contribution in [2.75, 3.05) is 13.2 Å². The number of nitrogens with two attached hydrogens (primary N) is 1. The average molecular weight is 885 g/mol. The lowest BCUT2D eigenvalue weighted by Crippen LogP contribution is -2.29. The van der Waals surface area contributed by atoms with Gasteiger partial charge in [-0.3, -0.25) is 24.9 Å². The molecule has 3 aromatic heterocycles. The highest BCUT2D eigenvalue weighted by molar-refractivity contribution is 7.09. The SMILES string of the molecule is C.CCOC(=O)C(=Cc1ccc(Cl)cc1)C(=O)OCC.NNC(=O)c1snc(Cl)c1Cl.O=C(c1snc(Cl)c1Cl)n1[nH]c(-c2ccc(Cl)cc2)cc1=O. The molecule has 5 aromatic rings. The molecular formula is C32H28Cl6N6O7S2. The Bertz CT molecular complexity index is 2110. The van der Waals surface area contributed by atoms with Crippen molar-refractivity contribution >= 4 is 122 Å². The van der Waals surface area contributed by atoms with Gasteiger partial charge in [0, 0.05) is 16.1 Å². The Balaban J connectivity index is 0.000000287. The zero-order valence-corrected chi connectivity index (χ0v) is 32.7. The van der Waals surface area contributed by atoms with E-state index in [9.17, 15) is 24.0 Å². The fraction of sp³-hybridized carbons (Fsp3) is 0.156. The molecule has 0 radical (unpaired) electrons. The van der Waals surface area contributed by atoms with Crippen LogP contribution in [0.1, 0.15) is 46.2 Å². The zero-order chi connectivity index (χ0) is 38.5. The van der Waals surface area contributed by atoms with Gasteiger partial charge in [0.05, 0.1) is 18.9 Å². The fourth-order valence-electron chi connectivity index (χ4n) is 3.63. The van der Waals surface area contributed by atoms with Gasteiger partial charge in [-0.1, -0.05) is 101 Å². The summed E-state index contributed by atoms with van der Waals surface area (Å²) in [5.74, 6) is 2.37. The molecule has 13 nitrogen and oxygen atoms in total. The van der Waals surface area contributed by atoms with Crippen molar-refractivity contribution in [2.24, 2.45) is 5.84 Å². The van der Waals surface area contributed by atoms with Gasteiger partial charge in [-0.05, 0) is 78.4 Å². The molecular weight excluding hydrogens is 857 g/mol. The third kappa shape index (κ3) is 12.7. The molecule has 0 fully saturated rings. The van der Waals surface area contributed by atoms with E-state index in [1.807, 2.05) is 5.43 Å². The highest BCUT2D eigenvalue weighted by Gasteiger charge is 2.22. The Labute approximate surface area is 340 Å². The first-order valence-electron chi connectivity index (χ1n) is 14.3. The quantitative estimate of drug-likeness (QED) is 0.0259. The van der Waals surface area contributed by atoms with E-state index in [1.54, 1.807) is 62.4 Å². The Morgan fingerprint density at radius 2 is 1.28 bits per heavy atom. The first kappa shape index (κ1) is 45.4. The minimum absolute atomic E-state index is 0. The number of benzene rings is 2. The van der Waals surface area contributed by atoms with Crippen LogP contribution < -0.4 is 16.8 Å². The number of rotatable bonds is 8. The predicted octanol–water partition coefficient (Wildman–Crippen LogP) is 8.49. The maximum absolute atomic E-state index is 12.3. The van der Waals surface area contributed by atoms with Crippen LogP contribution in [0.5, 0.6) is 0 Å². The number of esters is 2. The Kier molecular flexibility index (Phi) is 18.7. The first-order chi connectivity index (χ1) is 24.7. The highest BCUT2D eigenvalue weighted by Crippen LogP contribution is 2.29. The minimum Gasteiger partial charge on any atom is -0.462 e. The number of nitrogen functional groups attached to an aromatic ring is 1. The molecule has 0 aliphatic carbocycles. The predicted molar refractivity (Wildman–Crippen MR) is 211 cm³/mol. The molecule has 0 aliphatic rings. The number of H-pyrrole nitrogens is 1. The van der Waals surface area contributed by atoms with Gasteiger partial charge < -0.3 is 9.47 Å². The second kappa shape index (κ2) is 21.8. The van der Waals surface area contributed by atoms with E-state index in [0.29, 0.717) is 21.3 Å². The molecule has 0 spiro atoms. The molecule has 3 heterocycles. The maximum Gasteiger partial charge on any atom is 0.345 e. The largest absolute Gasteiger partial charge is 0.462 e. The highest BCUT2D eigenvalue weighted by atomic mass is 35.5. The molecule has 0 unspecified atom stereocenters. The number of hydrazine groups is 1. The molecule has 21 heteroatoms. The van der Waals surface area contributed by atoms with Crippen LogP contribution in [0.15, 0.2) is 65.0 Å². The smallest absolute Gasteiger partial charge is 0.345 e. The number of hydrogen-bond acceptors (Lipinski definition) is 12. The normalized spacial score (nSPS) is 9.98. The van der Waals surface area contributed by atoms with Crippen LogP contribution in [0.4, 0.5) is 0 Å². The molecule has 0 bridgehead atoms. The Morgan fingerprint density at radius 3 is 1.72 bits per heavy atom. The lowest BCUT2D eigenvalue weighted by molar-refractivity contribution is -0.146. The lowest BCUT2D eigenvalue weighted by atomic mass is 10.1. The van der Waals surface area contributed by atoms with Crippen LogP contribution in [-0.4, -0.2) is 55.5 Å². The van der Waals surface area contributed by atoms with Gasteiger partial charge in [0.15, 0.2) is 10.3 Å². The summed E-state index contributed by atoms with van der Waals surface area (Å²) in [5.41, 5.74) is 3.16. The lowest BCUT2D eigenvalue weighted by Gasteiger charge is -2.06. The first-order valence-corrected chi connectivity index (χ1v) is 18.1. The van der Waals surface area contributed by atoms with E-state index < -0.39 is 29.3 Å². The van der Waals surface area contributed by atoms with Crippen molar-refractivity contribution in [2.45, 2.75) is 21.3 Å². The average Bonchev–Trinajstić information content (AvgIpc) is 3.80. The number of aromatic nitrogens is 4. The summed E-state index contributed by atoms with van der Waals surface area (Å²) in [4.78, 5) is 58.9. The van der Waals surface area contributed by atoms with Crippen molar-refractivity contribution in [3.05, 3.63) is 116 Å². The van der Waals surface area contributed by atoms with E-state index in [-0.39, 0.29) is 56.3 Å². The van der Waals surface area contributed by atoms with Gasteiger partial charge in [-0.25, -0.2) is 15.4 Å². The zero-order valence-electron chi connectivity index (χ0n) is 26.5. The minimum atomic E-state index is -0.698. The summed E-state index contributed by atoms with van der Waals surface area (Å²) in [7, 11) is 0. The summed E-state index contributed by atoms with van der Waals surface area (Å²) >= 11 is 36.0. The number of carbonyl (C=O) groups is 4. The molecule has 0 saturated carbocycles. The summed E-state index contributed by atoms with van der Waals surface area (Å²) in [5, 5.41) is 4.22. The van der Waals surface area contributed by atoms with Crippen LogP contribution >= 0.6 is 92.7 Å². The third-order valence-electron chi connectivity index (χ3n) is 5.98. The molecule has 0 atom stereocenters. The van der Waals surface area contributed by atoms with Crippen molar-refractivity contribution in [3.8, 4) is 11.3 Å². The van der Waals surface area contributed by atoms with Crippen molar-refractivity contribution < 1.29 is 28.7 Å². The molecule has 2 aromatic carbocycles. The van der Waals surface area contributed by atoms with Gasteiger partial charge >= 0.3 is 11.9 Å². The number of carbonyl (C=O) groups excluding carboxylic acids is 4. The van der Waals surface area contributed by atoms with Gasteiger partial charge in [0.1, 0.15) is 25.4 Å². The molecule has 282 valence electrons. The topological polar surface area (TPSA) is 188 Å². The number of ether oxygens (including phenoxy) is 2. The number of aromatic amines is 1. The Hall–Kier alpha value is -3.77. The summed E-state index contributed by atoms with van der Waals surface area (Å²) in [6.07, 6.45) is 1.42. The molecule has 5 rings (SSSR count). The fourth-order valence-corrected chi connectivity index (χ4v) is 6.14. The number of nitrogens with one attached hydrogen (secondary N) is 2. The molecule has 0 saturated heterocycles. The molecule has 4 N–H and O–H groups in total. The van der Waals surface area contributed by atoms with Gasteiger partial charge in [-0.2, -0.15) is 13.4 Å². The number of amides is 1. The van der Waals surface area contributed by atoms with Crippen LogP contribution in [0.25, 0.3) is 17.3 Å². The number of nitrogens with zero attached hydrogens (tertiary/aromatic N) is 3. The van der Waals surface area contributed by atoms with Crippen molar-refractivity contribution in [1.29, 1.82) is 0 Å². The van der Waals surface area contributed by atoms with Crippen LogP contribution in [-0.2, 0) is 19.1 Å². The second-order valence-electron chi connectivity index (χ2n) is 9.41. The number of halogens is 6. The van der Waals surface area contributed by atoms with E-state index in [0.717, 1.165) is 33.3 Å². The summed E-state index contributed by atoms with van der Waals surface area (Å²) in [6, 6.07) is 14.9.